The van der Waals surface area contributed by atoms with Crippen LogP contribution in [0.25, 0.3) is 0 Å². The summed E-state index contributed by atoms with van der Waals surface area (Å²) in [5.74, 6) is 0.689. The van der Waals surface area contributed by atoms with Crippen LogP contribution >= 0.6 is 0 Å². The standard InChI is InChI=1S/C18H20FNO3/c1-12-8-13(4-5-17(12)19)6-7-20-18(21)14-9-15(22-2)11-16(10-14)23-3/h4-5,8-11H,6-7H2,1-3H3,(H,20,21). The molecule has 0 bridgehead atoms. The molecule has 0 aliphatic carbocycles. The molecule has 1 amide bonds. The van der Waals surface area contributed by atoms with Crippen LogP contribution in [-0.4, -0.2) is 26.7 Å². The van der Waals surface area contributed by atoms with Gasteiger partial charge in [0.2, 0.25) is 0 Å². The van der Waals surface area contributed by atoms with E-state index in [0.29, 0.717) is 35.6 Å². The van der Waals surface area contributed by atoms with E-state index in [0.717, 1.165) is 5.56 Å². The van der Waals surface area contributed by atoms with Gasteiger partial charge in [-0.15, -0.1) is 0 Å². The van der Waals surface area contributed by atoms with Crippen molar-refractivity contribution < 1.29 is 18.7 Å². The van der Waals surface area contributed by atoms with E-state index >= 15 is 0 Å². The van der Waals surface area contributed by atoms with Gasteiger partial charge in [-0.3, -0.25) is 4.79 Å². The van der Waals surface area contributed by atoms with Crippen molar-refractivity contribution in [1.29, 1.82) is 0 Å². The summed E-state index contributed by atoms with van der Waals surface area (Å²) in [7, 11) is 3.07. The molecule has 0 saturated heterocycles. The number of methoxy groups -OCH3 is 2. The maximum atomic E-state index is 13.2. The summed E-state index contributed by atoms with van der Waals surface area (Å²) in [4.78, 5) is 12.2. The van der Waals surface area contributed by atoms with Crippen LogP contribution in [0, 0.1) is 12.7 Å². The van der Waals surface area contributed by atoms with Gasteiger partial charge in [0.15, 0.2) is 0 Å². The molecule has 0 saturated carbocycles. The number of carbonyl (C=O) groups excluding carboxylic acids is 1. The molecule has 0 aliphatic rings. The summed E-state index contributed by atoms with van der Waals surface area (Å²) in [6.45, 7) is 2.18. The quantitative estimate of drug-likeness (QED) is 0.890. The highest BCUT2D eigenvalue weighted by Crippen LogP contribution is 2.22. The first-order valence-electron chi connectivity index (χ1n) is 7.30. The van der Waals surface area contributed by atoms with E-state index < -0.39 is 0 Å². The van der Waals surface area contributed by atoms with Gasteiger partial charge in [-0.05, 0) is 42.7 Å². The third-order valence-corrected chi connectivity index (χ3v) is 3.54. The highest BCUT2D eigenvalue weighted by Gasteiger charge is 2.09. The number of ether oxygens (including phenoxy) is 2. The van der Waals surface area contributed by atoms with Crippen molar-refractivity contribution >= 4 is 5.91 Å². The maximum absolute atomic E-state index is 13.2. The first-order valence-corrected chi connectivity index (χ1v) is 7.30. The zero-order valence-corrected chi connectivity index (χ0v) is 13.5. The number of amides is 1. The third kappa shape index (κ3) is 4.45. The van der Waals surface area contributed by atoms with Gasteiger partial charge in [0.25, 0.3) is 5.91 Å². The lowest BCUT2D eigenvalue weighted by atomic mass is 10.1. The molecular weight excluding hydrogens is 297 g/mol. The third-order valence-electron chi connectivity index (χ3n) is 3.54. The SMILES string of the molecule is COc1cc(OC)cc(C(=O)NCCc2ccc(F)c(C)c2)c1. The number of halogens is 1. The molecule has 4 nitrogen and oxygen atoms in total. The van der Waals surface area contributed by atoms with Crippen LogP contribution in [-0.2, 0) is 6.42 Å². The van der Waals surface area contributed by atoms with Crippen molar-refractivity contribution in [3.05, 3.63) is 58.9 Å². The summed E-state index contributed by atoms with van der Waals surface area (Å²) in [6, 6.07) is 9.97. The zero-order valence-electron chi connectivity index (χ0n) is 13.5. The fourth-order valence-corrected chi connectivity index (χ4v) is 2.22. The number of carbonyl (C=O) groups is 1. The Morgan fingerprint density at radius 3 is 2.30 bits per heavy atom. The molecule has 1 N–H and O–H groups in total. The minimum Gasteiger partial charge on any atom is -0.497 e. The number of aryl methyl sites for hydroxylation is 1. The number of hydrogen-bond acceptors (Lipinski definition) is 3. The minimum atomic E-state index is -0.221. The zero-order chi connectivity index (χ0) is 16.8. The van der Waals surface area contributed by atoms with Gasteiger partial charge >= 0.3 is 0 Å². The van der Waals surface area contributed by atoms with Crippen LogP contribution in [0.2, 0.25) is 0 Å². The molecule has 0 aliphatic heterocycles. The van der Waals surface area contributed by atoms with Crippen LogP contribution in [0.1, 0.15) is 21.5 Å². The van der Waals surface area contributed by atoms with E-state index in [1.165, 1.54) is 20.3 Å². The second kappa shape index (κ2) is 7.63. The lowest BCUT2D eigenvalue weighted by Gasteiger charge is -2.09. The fourth-order valence-electron chi connectivity index (χ4n) is 2.22. The van der Waals surface area contributed by atoms with E-state index in [1.807, 2.05) is 0 Å². The summed E-state index contributed by atoms with van der Waals surface area (Å²) in [6.07, 6.45) is 0.633. The van der Waals surface area contributed by atoms with Gasteiger partial charge < -0.3 is 14.8 Å². The summed E-state index contributed by atoms with van der Waals surface area (Å²) >= 11 is 0. The lowest BCUT2D eigenvalue weighted by Crippen LogP contribution is -2.25. The van der Waals surface area contributed by atoms with Crippen molar-refractivity contribution in [2.75, 3.05) is 20.8 Å². The minimum absolute atomic E-state index is 0.207. The monoisotopic (exact) mass is 317 g/mol. The largest absolute Gasteiger partial charge is 0.497 e. The lowest BCUT2D eigenvalue weighted by molar-refractivity contribution is 0.0953. The van der Waals surface area contributed by atoms with Gasteiger partial charge in [0.05, 0.1) is 14.2 Å². The molecule has 0 aromatic heterocycles. The van der Waals surface area contributed by atoms with Crippen LogP contribution in [0.5, 0.6) is 11.5 Å². The van der Waals surface area contributed by atoms with Crippen molar-refractivity contribution in [3.8, 4) is 11.5 Å². The summed E-state index contributed by atoms with van der Waals surface area (Å²) in [5.41, 5.74) is 2.05. The van der Waals surface area contributed by atoms with E-state index in [4.69, 9.17) is 9.47 Å². The average molecular weight is 317 g/mol. The maximum Gasteiger partial charge on any atom is 0.251 e. The van der Waals surface area contributed by atoms with E-state index in [1.54, 1.807) is 37.3 Å². The van der Waals surface area contributed by atoms with Crippen LogP contribution < -0.4 is 14.8 Å². The molecule has 0 fully saturated rings. The fraction of sp³-hybridized carbons (Fsp3) is 0.278. The van der Waals surface area contributed by atoms with Gasteiger partial charge in [0, 0.05) is 18.2 Å². The van der Waals surface area contributed by atoms with Gasteiger partial charge in [-0.25, -0.2) is 4.39 Å². The molecule has 2 aromatic carbocycles. The smallest absolute Gasteiger partial charge is 0.251 e. The Hall–Kier alpha value is -2.56. The van der Waals surface area contributed by atoms with E-state index in [9.17, 15) is 9.18 Å². The Morgan fingerprint density at radius 1 is 1.09 bits per heavy atom. The number of hydrogen-bond donors (Lipinski definition) is 1. The Labute approximate surface area is 135 Å². The second-order valence-electron chi connectivity index (χ2n) is 5.19. The van der Waals surface area contributed by atoms with E-state index in [-0.39, 0.29) is 11.7 Å². The highest BCUT2D eigenvalue weighted by molar-refractivity contribution is 5.95. The molecular formula is C18H20FNO3. The molecule has 2 rings (SSSR count). The Morgan fingerprint density at radius 2 is 1.74 bits per heavy atom. The topological polar surface area (TPSA) is 47.6 Å². The second-order valence-corrected chi connectivity index (χ2v) is 5.19. The van der Waals surface area contributed by atoms with Crippen LogP contribution in [0.15, 0.2) is 36.4 Å². The molecule has 5 heteroatoms. The number of nitrogens with one attached hydrogen (secondary N) is 1. The Kier molecular flexibility index (Phi) is 5.57. The molecule has 122 valence electrons. The summed E-state index contributed by atoms with van der Waals surface area (Å²) in [5, 5.41) is 2.84. The molecule has 0 heterocycles. The van der Waals surface area contributed by atoms with Crippen molar-refractivity contribution in [3.63, 3.8) is 0 Å². The Balaban J connectivity index is 1.98. The summed E-state index contributed by atoms with van der Waals surface area (Å²) < 4.78 is 23.5. The van der Waals surface area contributed by atoms with E-state index in [2.05, 4.69) is 5.32 Å². The number of rotatable bonds is 6. The molecule has 0 radical (unpaired) electrons. The van der Waals surface area contributed by atoms with Crippen LogP contribution in [0.3, 0.4) is 0 Å². The van der Waals surface area contributed by atoms with Crippen molar-refractivity contribution in [2.45, 2.75) is 13.3 Å². The van der Waals surface area contributed by atoms with Gasteiger partial charge in [-0.2, -0.15) is 0 Å². The van der Waals surface area contributed by atoms with Crippen molar-refractivity contribution in [1.82, 2.24) is 5.32 Å². The first-order chi connectivity index (χ1) is 11.0. The number of benzene rings is 2. The highest BCUT2D eigenvalue weighted by atomic mass is 19.1. The predicted molar refractivity (Wildman–Crippen MR) is 86.7 cm³/mol. The Bertz CT molecular complexity index is 678. The molecule has 0 unspecified atom stereocenters. The average Bonchev–Trinajstić information content (AvgIpc) is 2.57. The molecule has 2 aromatic rings. The molecule has 23 heavy (non-hydrogen) atoms. The predicted octanol–water partition coefficient (Wildman–Crippen LogP) is 3.12. The first kappa shape index (κ1) is 16.8. The van der Waals surface area contributed by atoms with Crippen LogP contribution in [0.4, 0.5) is 4.39 Å². The van der Waals surface area contributed by atoms with Gasteiger partial charge in [-0.1, -0.05) is 12.1 Å². The molecule has 0 atom stereocenters. The normalized spacial score (nSPS) is 10.3. The van der Waals surface area contributed by atoms with Gasteiger partial charge in [0.1, 0.15) is 17.3 Å². The van der Waals surface area contributed by atoms with Crippen molar-refractivity contribution in [2.24, 2.45) is 0 Å². The molecule has 0 spiro atoms.